The molecule has 2 amide bonds. The lowest BCUT2D eigenvalue weighted by Crippen LogP contribution is -2.46. The molecule has 22 heavy (non-hydrogen) atoms. The largest absolute Gasteiger partial charge is 0.396 e. The molecule has 1 aromatic rings. The van der Waals surface area contributed by atoms with Gasteiger partial charge in [-0.3, -0.25) is 9.59 Å². The van der Waals surface area contributed by atoms with E-state index in [0.717, 1.165) is 30.5 Å². The van der Waals surface area contributed by atoms with Crippen molar-refractivity contribution in [2.24, 2.45) is 5.92 Å². The van der Waals surface area contributed by atoms with Gasteiger partial charge in [-0.15, -0.1) is 0 Å². The van der Waals surface area contributed by atoms with Crippen LogP contribution < -0.4 is 10.2 Å². The number of para-hydroxylation sites is 1. The molecule has 118 valence electrons. The SMILES string of the molecule is O=C(CN1C(=O)CCc2ccccc21)NC(CCO)C1CC1. The van der Waals surface area contributed by atoms with E-state index < -0.39 is 0 Å². The number of aryl methyl sites for hydroxylation is 1. The van der Waals surface area contributed by atoms with Crippen LogP contribution in [0.15, 0.2) is 24.3 Å². The zero-order chi connectivity index (χ0) is 15.5. The number of hydrogen-bond acceptors (Lipinski definition) is 3. The average molecular weight is 302 g/mol. The van der Waals surface area contributed by atoms with Gasteiger partial charge in [-0.25, -0.2) is 0 Å². The Balaban J connectivity index is 1.66. The molecule has 1 atom stereocenters. The predicted molar refractivity (Wildman–Crippen MR) is 83.5 cm³/mol. The molecule has 5 nitrogen and oxygen atoms in total. The van der Waals surface area contributed by atoms with Crippen molar-refractivity contribution in [1.29, 1.82) is 0 Å². The van der Waals surface area contributed by atoms with Crippen LogP contribution in [-0.2, 0) is 16.0 Å². The highest BCUT2D eigenvalue weighted by Gasteiger charge is 2.33. The number of fused-ring (bicyclic) bond motifs is 1. The molecule has 2 N–H and O–H groups in total. The summed E-state index contributed by atoms with van der Waals surface area (Å²) >= 11 is 0. The summed E-state index contributed by atoms with van der Waals surface area (Å²) in [5, 5.41) is 12.1. The first-order valence-electron chi connectivity index (χ1n) is 7.97. The van der Waals surface area contributed by atoms with E-state index in [-0.39, 0.29) is 31.0 Å². The van der Waals surface area contributed by atoms with Crippen molar-refractivity contribution in [3.8, 4) is 0 Å². The highest BCUT2D eigenvalue weighted by Crippen LogP contribution is 2.34. The van der Waals surface area contributed by atoms with Crippen molar-refractivity contribution in [2.75, 3.05) is 18.1 Å². The van der Waals surface area contributed by atoms with Crippen LogP contribution >= 0.6 is 0 Å². The third kappa shape index (κ3) is 3.30. The quantitative estimate of drug-likeness (QED) is 0.831. The smallest absolute Gasteiger partial charge is 0.240 e. The van der Waals surface area contributed by atoms with Crippen LogP contribution in [0, 0.1) is 5.92 Å². The van der Waals surface area contributed by atoms with Crippen molar-refractivity contribution in [3.05, 3.63) is 29.8 Å². The summed E-state index contributed by atoms with van der Waals surface area (Å²) < 4.78 is 0. The van der Waals surface area contributed by atoms with E-state index in [1.54, 1.807) is 4.90 Å². The van der Waals surface area contributed by atoms with E-state index in [9.17, 15) is 9.59 Å². The topological polar surface area (TPSA) is 69.6 Å². The number of nitrogens with zero attached hydrogens (tertiary/aromatic N) is 1. The second-order valence-corrected chi connectivity index (χ2v) is 6.13. The van der Waals surface area contributed by atoms with E-state index in [1.807, 2.05) is 24.3 Å². The minimum absolute atomic E-state index is 0.000944. The van der Waals surface area contributed by atoms with Crippen molar-refractivity contribution >= 4 is 17.5 Å². The summed E-state index contributed by atoms with van der Waals surface area (Å²) in [5.74, 6) is 0.342. The van der Waals surface area contributed by atoms with Gasteiger partial charge in [-0.2, -0.15) is 0 Å². The van der Waals surface area contributed by atoms with Gasteiger partial charge in [0.05, 0.1) is 0 Å². The number of benzene rings is 1. The van der Waals surface area contributed by atoms with Crippen LogP contribution in [0.2, 0.25) is 0 Å². The first kappa shape index (κ1) is 15.0. The Hall–Kier alpha value is -1.88. The second kappa shape index (κ2) is 6.48. The summed E-state index contributed by atoms with van der Waals surface area (Å²) in [5.41, 5.74) is 1.96. The fourth-order valence-corrected chi connectivity index (χ4v) is 3.13. The number of anilines is 1. The molecule has 0 bridgehead atoms. The number of hydrogen-bond donors (Lipinski definition) is 2. The number of aliphatic hydroxyl groups excluding tert-OH is 1. The maximum atomic E-state index is 12.3. The van der Waals surface area contributed by atoms with Crippen molar-refractivity contribution in [2.45, 2.75) is 38.1 Å². The maximum absolute atomic E-state index is 12.3. The van der Waals surface area contributed by atoms with Crippen molar-refractivity contribution < 1.29 is 14.7 Å². The van der Waals surface area contributed by atoms with Crippen molar-refractivity contribution in [3.63, 3.8) is 0 Å². The normalized spacial score (nSPS) is 18.8. The zero-order valence-corrected chi connectivity index (χ0v) is 12.6. The molecule has 0 spiro atoms. The molecule has 1 aliphatic carbocycles. The fourth-order valence-electron chi connectivity index (χ4n) is 3.13. The van der Waals surface area contributed by atoms with Crippen LogP contribution in [0.5, 0.6) is 0 Å². The summed E-state index contributed by atoms with van der Waals surface area (Å²) in [6, 6.07) is 7.78. The Kier molecular flexibility index (Phi) is 4.43. The maximum Gasteiger partial charge on any atom is 0.240 e. The van der Waals surface area contributed by atoms with Gasteiger partial charge in [-0.05, 0) is 43.2 Å². The average Bonchev–Trinajstić information content (AvgIpc) is 3.34. The Morgan fingerprint density at radius 2 is 2.09 bits per heavy atom. The molecule has 1 aromatic carbocycles. The molecular weight excluding hydrogens is 280 g/mol. The van der Waals surface area contributed by atoms with Gasteiger partial charge in [0.1, 0.15) is 6.54 Å². The molecule has 0 aromatic heterocycles. The third-order valence-corrected chi connectivity index (χ3v) is 4.47. The van der Waals surface area contributed by atoms with E-state index in [2.05, 4.69) is 5.32 Å². The van der Waals surface area contributed by atoms with Gasteiger partial charge >= 0.3 is 0 Å². The number of amides is 2. The first-order valence-corrected chi connectivity index (χ1v) is 7.97. The molecule has 1 heterocycles. The summed E-state index contributed by atoms with van der Waals surface area (Å²) in [7, 11) is 0. The number of carbonyl (C=O) groups is 2. The number of nitrogens with one attached hydrogen (secondary N) is 1. The number of aliphatic hydroxyl groups is 1. The summed E-state index contributed by atoms with van der Waals surface area (Å²) in [4.78, 5) is 26.0. The lowest BCUT2D eigenvalue weighted by atomic mass is 10.0. The Morgan fingerprint density at radius 1 is 1.32 bits per heavy atom. The number of carbonyl (C=O) groups excluding carboxylic acids is 2. The molecule has 1 aliphatic heterocycles. The highest BCUT2D eigenvalue weighted by molar-refractivity contribution is 6.01. The lowest BCUT2D eigenvalue weighted by Gasteiger charge is -2.29. The molecule has 0 radical (unpaired) electrons. The highest BCUT2D eigenvalue weighted by atomic mass is 16.3. The predicted octanol–water partition coefficient (Wildman–Crippen LogP) is 1.24. The Bertz CT molecular complexity index is 569. The first-order chi connectivity index (χ1) is 10.7. The van der Waals surface area contributed by atoms with E-state index in [0.29, 0.717) is 18.8 Å². The standard InChI is InChI=1S/C17H22N2O3/c20-10-9-14(12-5-6-12)18-16(21)11-19-15-4-2-1-3-13(15)7-8-17(19)22/h1-4,12,14,20H,5-11H2,(H,18,21). The van der Waals surface area contributed by atoms with Gasteiger partial charge < -0.3 is 15.3 Å². The second-order valence-electron chi connectivity index (χ2n) is 6.13. The molecule has 3 rings (SSSR count). The van der Waals surface area contributed by atoms with Gasteiger partial charge in [0.2, 0.25) is 11.8 Å². The van der Waals surface area contributed by atoms with Crippen LogP contribution in [0.1, 0.15) is 31.2 Å². The Labute approximate surface area is 130 Å². The lowest BCUT2D eigenvalue weighted by molar-refractivity contribution is -0.124. The zero-order valence-electron chi connectivity index (χ0n) is 12.6. The van der Waals surface area contributed by atoms with E-state index >= 15 is 0 Å². The van der Waals surface area contributed by atoms with E-state index in [1.165, 1.54) is 0 Å². The van der Waals surface area contributed by atoms with Gasteiger partial charge in [0.15, 0.2) is 0 Å². The Morgan fingerprint density at radius 3 is 2.82 bits per heavy atom. The summed E-state index contributed by atoms with van der Waals surface area (Å²) in [6.07, 6.45) is 3.99. The van der Waals surface area contributed by atoms with Gasteiger partial charge in [0.25, 0.3) is 0 Å². The van der Waals surface area contributed by atoms with Gasteiger partial charge in [-0.1, -0.05) is 18.2 Å². The fraction of sp³-hybridized carbons (Fsp3) is 0.529. The minimum atomic E-state index is -0.143. The number of rotatable bonds is 6. The van der Waals surface area contributed by atoms with Crippen LogP contribution in [0.4, 0.5) is 5.69 Å². The minimum Gasteiger partial charge on any atom is -0.396 e. The third-order valence-electron chi connectivity index (χ3n) is 4.47. The summed E-state index contributed by atoms with van der Waals surface area (Å²) in [6.45, 7) is 0.136. The molecule has 5 heteroatoms. The van der Waals surface area contributed by atoms with E-state index in [4.69, 9.17) is 5.11 Å². The van der Waals surface area contributed by atoms with Crippen molar-refractivity contribution in [1.82, 2.24) is 5.32 Å². The molecule has 1 unspecified atom stereocenters. The van der Waals surface area contributed by atoms with Gasteiger partial charge in [0, 0.05) is 24.8 Å². The molecule has 1 fully saturated rings. The molecule has 2 aliphatic rings. The van der Waals surface area contributed by atoms with Crippen LogP contribution in [0.3, 0.4) is 0 Å². The molecule has 0 saturated heterocycles. The molecular formula is C17H22N2O3. The van der Waals surface area contributed by atoms with Crippen LogP contribution in [0.25, 0.3) is 0 Å². The monoisotopic (exact) mass is 302 g/mol. The molecule has 1 saturated carbocycles. The van der Waals surface area contributed by atoms with Crippen LogP contribution in [-0.4, -0.2) is 36.1 Å².